The SMILES string of the molecule is CC.CN1C=CC2CCCCC2C1. The van der Waals surface area contributed by atoms with Gasteiger partial charge in [-0.25, -0.2) is 0 Å². The molecule has 1 aliphatic heterocycles. The lowest BCUT2D eigenvalue weighted by molar-refractivity contribution is 0.209. The Morgan fingerprint density at radius 1 is 1.15 bits per heavy atom. The Hall–Kier alpha value is -0.460. The predicted octanol–water partition coefficient (Wildman–Crippen LogP) is 3.28. The summed E-state index contributed by atoms with van der Waals surface area (Å²) < 4.78 is 0. The zero-order valence-electron chi connectivity index (χ0n) is 9.29. The van der Waals surface area contributed by atoms with E-state index in [1.807, 2.05) is 13.8 Å². The van der Waals surface area contributed by atoms with Crippen LogP contribution in [0.15, 0.2) is 12.3 Å². The summed E-state index contributed by atoms with van der Waals surface area (Å²) >= 11 is 0. The third-order valence-electron chi connectivity index (χ3n) is 3.08. The van der Waals surface area contributed by atoms with Gasteiger partial charge < -0.3 is 4.90 Å². The van der Waals surface area contributed by atoms with Crippen molar-refractivity contribution in [2.45, 2.75) is 39.5 Å². The molecule has 13 heavy (non-hydrogen) atoms. The molecule has 0 spiro atoms. The monoisotopic (exact) mass is 181 g/mol. The van der Waals surface area contributed by atoms with E-state index >= 15 is 0 Å². The summed E-state index contributed by atoms with van der Waals surface area (Å²) in [5.74, 6) is 1.89. The Bertz CT molecular complexity index is 163. The molecule has 1 heterocycles. The van der Waals surface area contributed by atoms with Crippen LogP contribution in [-0.2, 0) is 0 Å². The molecule has 0 aromatic carbocycles. The second kappa shape index (κ2) is 5.31. The van der Waals surface area contributed by atoms with Crippen LogP contribution in [0.1, 0.15) is 39.5 Å². The van der Waals surface area contributed by atoms with Crippen molar-refractivity contribution in [1.82, 2.24) is 4.90 Å². The zero-order valence-corrected chi connectivity index (χ0v) is 9.29. The minimum Gasteiger partial charge on any atom is -0.380 e. The van der Waals surface area contributed by atoms with E-state index in [1.165, 1.54) is 32.2 Å². The molecule has 0 bridgehead atoms. The lowest BCUT2D eigenvalue weighted by atomic mass is 9.78. The van der Waals surface area contributed by atoms with Gasteiger partial charge in [0.2, 0.25) is 0 Å². The molecule has 2 rings (SSSR count). The largest absolute Gasteiger partial charge is 0.380 e. The van der Waals surface area contributed by atoms with Gasteiger partial charge in [0.15, 0.2) is 0 Å². The van der Waals surface area contributed by atoms with Crippen LogP contribution >= 0.6 is 0 Å². The molecule has 1 nitrogen and oxygen atoms in total. The first-order valence-electron chi connectivity index (χ1n) is 5.75. The molecule has 1 aliphatic carbocycles. The van der Waals surface area contributed by atoms with E-state index in [4.69, 9.17) is 0 Å². The molecule has 76 valence electrons. The molecule has 0 aromatic heterocycles. The molecular formula is C12H23N. The molecule has 0 N–H and O–H groups in total. The maximum atomic E-state index is 2.41. The van der Waals surface area contributed by atoms with Crippen LogP contribution in [0.5, 0.6) is 0 Å². The van der Waals surface area contributed by atoms with Crippen molar-refractivity contribution in [2.24, 2.45) is 11.8 Å². The lowest BCUT2D eigenvalue weighted by Gasteiger charge is -2.36. The lowest BCUT2D eigenvalue weighted by Crippen LogP contribution is -2.32. The van der Waals surface area contributed by atoms with Crippen molar-refractivity contribution in [1.29, 1.82) is 0 Å². The van der Waals surface area contributed by atoms with E-state index in [2.05, 4.69) is 24.2 Å². The third kappa shape index (κ3) is 2.75. The summed E-state index contributed by atoms with van der Waals surface area (Å²) in [7, 11) is 2.18. The highest BCUT2D eigenvalue weighted by molar-refractivity contribution is 4.98. The molecule has 1 saturated carbocycles. The van der Waals surface area contributed by atoms with Crippen LogP contribution in [0.3, 0.4) is 0 Å². The fourth-order valence-electron chi connectivity index (χ4n) is 2.40. The second-order valence-corrected chi connectivity index (χ2v) is 3.99. The van der Waals surface area contributed by atoms with Gasteiger partial charge in [-0.05, 0) is 30.9 Å². The van der Waals surface area contributed by atoms with Crippen LogP contribution < -0.4 is 0 Å². The number of allylic oxidation sites excluding steroid dienone is 1. The minimum absolute atomic E-state index is 0.917. The van der Waals surface area contributed by atoms with Crippen molar-refractivity contribution in [3.63, 3.8) is 0 Å². The summed E-state index contributed by atoms with van der Waals surface area (Å²) in [5, 5.41) is 0. The zero-order chi connectivity index (χ0) is 9.68. The summed E-state index contributed by atoms with van der Waals surface area (Å²) in [5.41, 5.74) is 0. The summed E-state index contributed by atoms with van der Waals surface area (Å²) in [6.07, 6.45) is 10.5. The number of nitrogens with zero attached hydrogens (tertiary/aromatic N) is 1. The smallest absolute Gasteiger partial charge is 0.0203 e. The Morgan fingerprint density at radius 3 is 2.62 bits per heavy atom. The van der Waals surface area contributed by atoms with Gasteiger partial charge in [0.05, 0.1) is 0 Å². The van der Waals surface area contributed by atoms with Gasteiger partial charge in [-0.1, -0.05) is 32.8 Å². The molecule has 0 saturated heterocycles. The van der Waals surface area contributed by atoms with Crippen LogP contribution in [0, 0.1) is 11.8 Å². The molecule has 1 fully saturated rings. The average Bonchev–Trinajstić information content (AvgIpc) is 2.21. The second-order valence-electron chi connectivity index (χ2n) is 3.99. The first-order chi connectivity index (χ1) is 6.36. The van der Waals surface area contributed by atoms with Crippen molar-refractivity contribution < 1.29 is 0 Å². The Kier molecular flexibility index (Phi) is 4.34. The van der Waals surface area contributed by atoms with Gasteiger partial charge in [0, 0.05) is 13.6 Å². The average molecular weight is 181 g/mol. The fraction of sp³-hybridized carbons (Fsp3) is 0.833. The van der Waals surface area contributed by atoms with Gasteiger partial charge in [-0.15, -0.1) is 0 Å². The highest BCUT2D eigenvalue weighted by atomic mass is 15.1. The van der Waals surface area contributed by atoms with Crippen molar-refractivity contribution in [3.8, 4) is 0 Å². The summed E-state index contributed by atoms with van der Waals surface area (Å²) in [6.45, 7) is 5.29. The predicted molar refractivity (Wildman–Crippen MR) is 58.6 cm³/mol. The number of hydrogen-bond donors (Lipinski definition) is 0. The molecule has 0 aromatic rings. The van der Waals surface area contributed by atoms with Gasteiger partial charge in [-0.2, -0.15) is 0 Å². The van der Waals surface area contributed by atoms with Crippen LogP contribution in [0.4, 0.5) is 0 Å². The van der Waals surface area contributed by atoms with Crippen molar-refractivity contribution >= 4 is 0 Å². The van der Waals surface area contributed by atoms with Gasteiger partial charge in [0.1, 0.15) is 0 Å². The van der Waals surface area contributed by atoms with E-state index in [0.717, 1.165) is 11.8 Å². The number of rotatable bonds is 0. The van der Waals surface area contributed by atoms with E-state index in [1.54, 1.807) is 0 Å². The topological polar surface area (TPSA) is 3.24 Å². The van der Waals surface area contributed by atoms with Crippen LogP contribution in [0.2, 0.25) is 0 Å². The minimum atomic E-state index is 0.917. The summed E-state index contributed by atoms with van der Waals surface area (Å²) in [4.78, 5) is 2.33. The first kappa shape index (κ1) is 10.6. The third-order valence-corrected chi connectivity index (χ3v) is 3.08. The molecule has 0 amide bonds. The van der Waals surface area contributed by atoms with Crippen molar-refractivity contribution in [2.75, 3.05) is 13.6 Å². The molecule has 2 unspecified atom stereocenters. The normalized spacial score (nSPS) is 31.8. The Labute approximate surface area is 82.8 Å². The highest BCUT2D eigenvalue weighted by Gasteiger charge is 2.25. The maximum Gasteiger partial charge on any atom is 0.0203 e. The van der Waals surface area contributed by atoms with Crippen LogP contribution in [-0.4, -0.2) is 18.5 Å². The number of fused-ring (bicyclic) bond motifs is 1. The Morgan fingerprint density at radius 2 is 1.85 bits per heavy atom. The Balaban J connectivity index is 0.000000396. The van der Waals surface area contributed by atoms with E-state index < -0.39 is 0 Å². The molecule has 1 heteroatoms. The standard InChI is InChI=1S/C10H17N.C2H6/c1-11-7-6-9-4-2-3-5-10(9)8-11;1-2/h6-7,9-10H,2-5,8H2,1H3;1-2H3. The van der Waals surface area contributed by atoms with Crippen LogP contribution in [0.25, 0.3) is 0 Å². The van der Waals surface area contributed by atoms with E-state index in [0.29, 0.717) is 0 Å². The van der Waals surface area contributed by atoms with E-state index in [-0.39, 0.29) is 0 Å². The van der Waals surface area contributed by atoms with Crippen molar-refractivity contribution in [3.05, 3.63) is 12.3 Å². The van der Waals surface area contributed by atoms with Gasteiger partial charge >= 0.3 is 0 Å². The van der Waals surface area contributed by atoms with Gasteiger partial charge in [-0.3, -0.25) is 0 Å². The molecule has 0 radical (unpaired) electrons. The quantitative estimate of drug-likeness (QED) is 0.554. The maximum absolute atomic E-state index is 2.41. The molecular weight excluding hydrogens is 158 g/mol. The summed E-state index contributed by atoms with van der Waals surface area (Å²) in [6, 6.07) is 0. The fourth-order valence-corrected chi connectivity index (χ4v) is 2.40. The molecule has 2 atom stereocenters. The highest BCUT2D eigenvalue weighted by Crippen LogP contribution is 2.33. The van der Waals surface area contributed by atoms with E-state index in [9.17, 15) is 0 Å². The molecule has 2 aliphatic rings. The number of hydrogen-bond acceptors (Lipinski definition) is 1. The van der Waals surface area contributed by atoms with Gasteiger partial charge in [0.25, 0.3) is 0 Å². The first-order valence-corrected chi connectivity index (χ1v) is 5.75.